The molecule has 0 aliphatic carbocycles. The monoisotopic (exact) mass is 422 g/mol. The largest absolute Gasteiger partial charge is 0.346 e. The van der Waals surface area contributed by atoms with Crippen LogP contribution < -0.4 is 10.6 Å². The van der Waals surface area contributed by atoms with Crippen LogP contribution in [0.2, 0.25) is 0 Å². The maximum absolute atomic E-state index is 12.2. The van der Waals surface area contributed by atoms with Crippen LogP contribution in [0.1, 0.15) is 22.3 Å². The van der Waals surface area contributed by atoms with Gasteiger partial charge in [0.2, 0.25) is 11.8 Å². The zero-order chi connectivity index (χ0) is 21.7. The van der Waals surface area contributed by atoms with Gasteiger partial charge in [0.1, 0.15) is 0 Å². The van der Waals surface area contributed by atoms with Crippen LogP contribution >= 0.6 is 11.8 Å². The summed E-state index contributed by atoms with van der Waals surface area (Å²) in [6.07, 6.45) is 3.61. The van der Waals surface area contributed by atoms with Gasteiger partial charge in [-0.25, -0.2) is 4.98 Å². The maximum Gasteiger partial charge on any atom is 0.243 e. The number of thioether (sulfide) groups is 1. The molecule has 0 radical (unpaired) electrons. The van der Waals surface area contributed by atoms with Crippen molar-refractivity contribution in [3.8, 4) is 5.69 Å². The molecule has 2 aromatic carbocycles. The number of rotatable bonds is 7. The Morgan fingerprint density at radius 3 is 2.47 bits per heavy atom. The third-order valence-electron chi connectivity index (χ3n) is 4.75. The predicted octanol–water partition coefficient (Wildman–Crippen LogP) is 3.95. The van der Waals surface area contributed by atoms with E-state index in [1.54, 1.807) is 6.20 Å². The minimum Gasteiger partial charge on any atom is -0.346 e. The zero-order valence-corrected chi connectivity index (χ0v) is 18.5. The molecule has 1 heterocycles. The number of amides is 2. The van der Waals surface area contributed by atoms with Crippen molar-refractivity contribution in [1.29, 1.82) is 0 Å². The lowest BCUT2D eigenvalue weighted by Gasteiger charge is -2.12. The molecule has 0 bridgehead atoms. The van der Waals surface area contributed by atoms with Crippen molar-refractivity contribution < 1.29 is 9.59 Å². The highest BCUT2D eigenvalue weighted by Gasteiger charge is 2.12. The fraction of sp³-hybridized carbons (Fsp3) is 0.261. The van der Waals surface area contributed by atoms with Gasteiger partial charge in [0.25, 0.3) is 0 Å². The zero-order valence-electron chi connectivity index (χ0n) is 17.7. The van der Waals surface area contributed by atoms with Crippen LogP contribution in [-0.4, -0.2) is 33.7 Å². The van der Waals surface area contributed by atoms with E-state index in [2.05, 4.69) is 33.8 Å². The van der Waals surface area contributed by atoms with Gasteiger partial charge in [-0.05, 0) is 56.0 Å². The van der Waals surface area contributed by atoms with Gasteiger partial charge in [0.15, 0.2) is 5.16 Å². The molecule has 0 atom stereocenters. The highest BCUT2D eigenvalue weighted by atomic mass is 32.2. The molecule has 6 nitrogen and oxygen atoms in total. The van der Waals surface area contributed by atoms with Crippen molar-refractivity contribution in [2.45, 2.75) is 32.9 Å². The standard InChI is InChI=1S/C23H26N4O2S/c1-15-8-9-16(2)19(12-15)27-11-10-24-23(27)30-14-21(29)25-13-20(28)26-22-17(3)6-5-7-18(22)4/h5-12H,13-14H2,1-4H3,(H,25,29)(H,26,28). The molecular weight excluding hydrogens is 396 g/mol. The van der Waals surface area contributed by atoms with Crippen LogP contribution in [0.25, 0.3) is 5.69 Å². The number of carbonyl (C=O) groups excluding carboxylic acids is 2. The number of benzene rings is 2. The van der Waals surface area contributed by atoms with Gasteiger partial charge in [-0.1, -0.05) is 42.1 Å². The van der Waals surface area contributed by atoms with Crippen LogP contribution in [0.5, 0.6) is 0 Å². The Balaban J connectivity index is 1.54. The lowest BCUT2D eigenvalue weighted by Crippen LogP contribution is -2.34. The molecule has 2 N–H and O–H groups in total. The summed E-state index contributed by atoms with van der Waals surface area (Å²) in [7, 11) is 0. The summed E-state index contributed by atoms with van der Waals surface area (Å²) in [5.41, 5.74) is 6.11. The summed E-state index contributed by atoms with van der Waals surface area (Å²) in [5, 5.41) is 6.28. The molecule has 0 fully saturated rings. The molecule has 0 spiro atoms. The fourth-order valence-electron chi connectivity index (χ4n) is 3.11. The number of hydrogen-bond donors (Lipinski definition) is 2. The summed E-state index contributed by atoms with van der Waals surface area (Å²) in [6.45, 7) is 7.90. The van der Waals surface area contributed by atoms with Crippen molar-refractivity contribution in [2.24, 2.45) is 0 Å². The molecule has 3 aromatic rings. The van der Waals surface area contributed by atoms with E-state index in [-0.39, 0.29) is 24.1 Å². The van der Waals surface area contributed by atoms with E-state index in [4.69, 9.17) is 0 Å². The Hall–Kier alpha value is -3.06. The predicted molar refractivity (Wildman–Crippen MR) is 121 cm³/mol. The van der Waals surface area contributed by atoms with Crippen molar-refractivity contribution in [2.75, 3.05) is 17.6 Å². The third kappa shape index (κ3) is 5.30. The average Bonchev–Trinajstić information content (AvgIpc) is 3.18. The van der Waals surface area contributed by atoms with Crippen LogP contribution in [0, 0.1) is 27.7 Å². The molecule has 0 aliphatic heterocycles. The molecule has 0 aliphatic rings. The number of para-hydroxylation sites is 1. The Bertz CT molecular complexity index is 1050. The number of nitrogens with zero attached hydrogens (tertiary/aromatic N) is 2. The van der Waals surface area contributed by atoms with E-state index in [0.29, 0.717) is 0 Å². The van der Waals surface area contributed by atoms with Crippen LogP contribution in [0.15, 0.2) is 53.9 Å². The maximum atomic E-state index is 12.2. The van der Waals surface area contributed by atoms with E-state index in [1.165, 1.54) is 11.8 Å². The molecule has 0 unspecified atom stereocenters. The summed E-state index contributed by atoms with van der Waals surface area (Å²) in [6, 6.07) is 12.1. The number of anilines is 1. The molecular formula is C23H26N4O2S. The Morgan fingerprint density at radius 1 is 1.00 bits per heavy atom. The van der Waals surface area contributed by atoms with Crippen LogP contribution in [0.3, 0.4) is 0 Å². The molecule has 1 aromatic heterocycles. The van der Waals surface area contributed by atoms with Gasteiger partial charge in [-0.3, -0.25) is 14.2 Å². The molecule has 7 heteroatoms. The second-order valence-corrected chi connectivity index (χ2v) is 8.19. The number of carbonyl (C=O) groups is 2. The van der Waals surface area contributed by atoms with E-state index in [0.717, 1.165) is 38.8 Å². The SMILES string of the molecule is Cc1ccc(C)c(-n2ccnc2SCC(=O)NCC(=O)Nc2c(C)cccc2C)c1. The number of hydrogen-bond acceptors (Lipinski definition) is 4. The highest BCUT2D eigenvalue weighted by molar-refractivity contribution is 7.99. The molecule has 2 amide bonds. The second kappa shape index (κ2) is 9.63. The quantitative estimate of drug-likeness (QED) is 0.565. The van der Waals surface area contributed by atoms with Gasteiger partial charge < -0.3 is 10.6 Å². The minimum atomic E-state index is -0.248. The van der Waals surface area contributed by atoms with Gasteiger partial charge >= 0.3 is 0 Å². The summed E-state index contributed by atoms with van der Waals surface area (Å²) in [5.74, 6) is -0.284. The number of aryl methyl sites for hydroxylation is 4. The minimum absolute atomic E-state index is 0.0708. The van der Waals surface area contributed by atoms with Crippen LogP contribution in [-0.2, 0) is 9.59 Å². The Morgan fingerprint density at radius 2 is 1.73 bits per heavy atom. The van der Waals surface area contributed by atoms with Gasteiger partial charge in [0.05, 0.1) is 18.0 Å². The van der Waals surface area contributed by atoms with Crippen molar-refractivity contribution >= 4 is 29.3 Å². The first-order valence-electron chi connectivity index (χ1n) is 9.71. The van der Waals surface area contributed by atoms with Crippen LogP contribution in [0.4, 0.5) is 5.69 Å². The first-order chi connectivity index (χ1) is 14.3. The van der Waals surface area contributed by atoms with E-state index >= 15 is 0 Å². The third-order valence-corrected chi connectivity index (χ3v) is 5.72. The molecule has 0 saturated carbocycles. The number of nitrogens with one attached hydrogen (secondary N) is 2. The fourth-order valence-corrected chi connectivity index (χ4v) is 3.91. The summed E-state index contributed by atoms with van der Waals surface area (Å²) >= 11 is 1.34. The molecule has 30 heavy (non-hydrogen) atoms. The van der Waals surface area contributed by atoms with E-state index in [1.807, 2.05) is 56.7 Å². The normalized spacial score (nSPS) is 10.7. The average molecular weight is 423 g/mol. The lowest BCUT2D eigenvalue weighted by atomic mass is 10.1. The summed E-state index contributed by atoms with van der Waals surface area (Å²) in [4.78, 5) is 28.8. The van der Waals surface area contributed by atoms with E-state index < -0.39 is 0 Å². The smallest absolute Gasteiger partial charge is 0.243 e. The Kier molecular flexibility index (Phi) is 6.95. The Labute approximate surface area is 181 Å². The first kappa shape index (κ1) is 21.6. The summed E-state index contributed by atoms with van der Waals surface area (Å²) < 4.78 is 1.98. The van der Waals surface area contributed by atoms with Crippen molar-refractivity contribution in [3.05, 3.63) is 71.0 Å². The van der Waals surface area contributed by atoms with Gasteiger partial charge in [-0.2, -0.15) is 0 Å². The van der Waals surface area contributed by atoms with Gasteiger partial charge in [0, 0.05) is 18.1 Å². The number of imidazole rings is 1. The lowest BCUT2D eigenvalue weighted by molar-refractivity contribution is -0.122. The first-order valence-corrected chi connectivity index (χ1v) is 10.7. The van der Waals surface area contributed by atoms with E-state index in [9.17, 15) is 9.59 Å². The topological polar surface area (TPSA) is 76.0 Å². The second-order valence-electron chi connectivity index (χ2n) is 7.25. The van der Waals surface area contributed by atoms with Crippen molar-refractivity contribution in [3.63, 3.8) is 0 Å². The molecule has 3 rings (SSSR count). The van der Waals surface area contributed by atoms with Crippen molar-refractivity contribution in [1.82, 2.24) is 14.9 Å². The molecule has 0 saturated heterocycles. The highest BCUT2D eigenvalue weighted by Crippen LogP contribution is 2.23. The number of aromatic nitrogens is 2. The van der Waals surface area contributed by atoms with Gasteiger partial charge in [-0.15, -0.1) is 0 Å². The molecule has 156 valence electrons.